The molecule has 1 fully saturated rings. The van der Waals surface area contributed by atoms with Crippen LogP contribution in [0.1, 0.15) is 12.1 Å². The zero-order valence-electron chi connectivity index (χ0n) is 8.83. The van der Waals surface area contributed by atoms with Crippen LogP contribution in [0, 0.1) is 12.7 Å². The van der Waals surface area contributed by atoms with Gasteiger partial charge in [-0.25, -0.2) is 14.4 Å². The number of halogens is 1. The van der Waals surface area contributed by atoms with Crippen molar-refractivity contribution < 1.29 is 4.39 Å². The molecule has 0 spiro atoms. The van der Waals surface area contributed by atoms with E-state index in [1.165, 1.54) is 6.33 Å². The summed E-state index contributed by atoms with van der Waals surface area (Å²) in [5.41, 5.74) is 0.414. The highest BCUT2D eigenvalue weighted by atomic mass is 19.1. The Morgan fingerprint density at radius 2 is 2.20 bits per heavy atom. The Balaban J connectivity index is 2.23. The minimum Gasteiger partial charge on any atom is -0.353 e. The van der Waals surface area contributed by atoms with E-state index >= 15 is 0 Å². The number of nitrogens with one attached hydrogen (secondary N) is 1. The second-order valence-corrected chi connectivity index (χ2v) is 3.69. The highest BCUT2D eigenvalue weighted by molar-refractivity contribution is 5.40. The number of nitrogens with zero attached hydrogens (tertiary/aromatic N) is 3. The molecule has 1 aromatic heterocycles. The summed E-state index contributed by atoms with van der Waals surface area (Å²) in [7, 11) is 0. The summed E-state index contributed by atoms with van der Waals surface area (Å²) in [6.45, 7) is 5.18. The van der Waals surface area contributed by atoms with Crippen molar-refractivity contribution in [2.24, 2.45) is 0 Å². The third kappa shape index (κ3) is 2.23. The van der Waals surface area contributed by atoms with Crippen molar-refractivity contribution in [3.05, 3.63) is 17.8 Å². The van der Waals surface area contributed by atoms with E-state index in [2.05, 4.69) is 15.3 Å². The predicted octanol–water partition coefficient (Wildman–Crippen LogP) is 0.724. The molecule has 1 aromatic rings. The summed E-state index contributed by atoms with van der Waals surface area (Å²) >= 11 is 0. The second-order valence-electron chi connectivity index (χ2n) is 3.69. The van der Waals surface area contributed by atoms with Gasteiger partial charge in [-0.05, 0) is 19.9 Å². The molecule has 1 aliphatic rings. The van der Waals surface area contributed by atoms with Crippen LogP contribution in [0.4, 0.5) is 10.2 Å². The van der Waals surface area contributed by atoms with Gasteiger partial charge in [0.15, 0.2) is 11.6 Å². The number of aromatic nitrogens is 2. The zero-order valence-corrected chi connectivity index (χ0v) is 8.83. The molecule has 0 bridgehead atoms. The number of aryl methyl sites for hydroxylation is 1. The molecule has 2 heterocycles. The van der Waals surface area contributed by atoms with Gasteiger partial charge in [-0.1, -0.05) is 0 Å². The molecule has 5 heteroatoms. The lowest BCUT2D eigenvalue weighted by molar-refractivity contribution is 0.591. The van der Waals surface area contributed by atoms with Crippen molar-refractivity contribution >= 4 is 5.82 Å². The van der Waals surface area contributed by atoms with E-state index in [1.54, 1.807) is 6.92 Å². The SMILES string of the molecule is Cc1ncnc(N2CCCNCC2)c1F. The molecule has 1 N–H and O–H groups in total. The third-order valence-electron chi connectivity index (χ3n) is 2.58. The van der Waals surface area contributed by atoms with Crippen molar-refractivity contribution in [2.45, 2.75) is 13.3 Å². The van der Waals surface area contributed by atoms with Crippen LogP contribution in [0.2, 0.25) is 0 Å². The van der Waals surface area contributed by atoms with Crippen LogP contribution in [0.15, 0.2) is 6.33 Å². The van der Waals surface area contributed by atoms with Gasteiger partial charge in [-0.2, -0.15) is 0 Å². The number of hydrogen-bond donors (Lipinski definition) is 1. The minimum atomic E-state index is -0.292. The average molecular weight is 210 g/mol. The van der Waals surface area contributed by atoms with Crippen LogP contribution in [-0.4, -0.2) is 36.1 Å². The third-order valence-corrected chi connectivity index (χ3v) is 2.58. The van der Waals surface area contributed by atoms with Crippen LogP contribution >= 0.6 is 0 Å². The van der Waals surface area contributed by atoms with Gasteiger partial charge in [0, 0.05) is 19.6 Å². The van der Waals surface area contributed by atoms with Crippen LogP contribution in [-0.2, 0) is 0 Å². The van der Waals surface area contributed by atoms with E-state index in [0.29, 0.717) is 11.5 Å². The van der Waals surface area contributed by atoms with Crippen molar-refractivity contribution in [2.75, 3.05) is 31.1 Å². The first-order valence-corrected chi connectivity index (χ1v) is 5.22. The molecule has 15 heavy (non-hydrogen) atoms. The van der Waals surface area contributed by atoms with E-state index in [0.717, 1.165) is 32.6 Å². The largest absolute Gasteiger partial charge is 0.353 e. The minimum absolute atomic E-state index is 0.292. The highest BCUT2D eigenvalue weighted by Gasteiger charge is 2.16. The van der Waals surface area contributed by atoms with E-state index in [-0.39, 0.29) is 5.82 Å². The summed E-state index contributed by atoms with van der Waals surface area (Å²) in [5, 5.41) is 3.27. The smallest absolute Gasteiger partial charge is 0.186 e. The Kier molecular flexibility index (Phi) is 3.11. The van der Waals surface area contributed by atoms with Crippen LogP contribution in [0.25, 0.3) is 0 Å². The maximum Gasteiger partial charge on any atom is 0.186 e. The number of hydrogen-bond acceptors (Lipinski definition) is 4. The summed E-state index contributed by atoms with van der Waals surface area (Å²) in [6, 6.07) is 0. The lowest BCUT2D eigenvalue weighted by Crippen LogP contribution is -2.29. The second kappa shape index (κ2) is 4.53. The first kappa shape index (κ1) is 10.3. The molecular weight excluding hydrogens is 195 g/mol. The molecule has 0 atom stereocenters. The average Bonchev–Trinajstić information content (AvgIpc) is 2.50. The van der Waals surface area contributed by atoms with Crippen molar-refractivity contribution in [3.63, 3.8) is 0 Å². The van der Waals surface area contributed by atoms with Gasteiger partial charge in [0.2, 0.25) is 0 Å². The number of anilines is 1. The molecule has 0 aromatic carbocycles. The molecule has 0 saturated carbocycles. The maximum absolute atomic E-state index is 13.7. The van der Waals surface area contributed by atoms with Crippen molar-refractivity contribution in [3.8, 4) is 0 Å². The van der Waals surface area contributed by atoms with Gasteiger partial charge >= 0.3 is 0 Å². The highest BCUT2D eigenvalue weighted by Crippen LogP contribution is 2.17. The standard InChI is InChI=1S/C10H15FN4/c1-8-9(11)10(14-7-13-8)15-5-2-3-12-4-6-15/h7,12H,2-6H2,1H3. The first-order valence-electron chi connectivity index (χ1n) is 5.22. The molecule has 82 valence electrons. The summed E-state index contributed by atoms with van der Waals surface area (Å²) < 4.78 is 13.7. The molecule has 0 amide bonds. The Bertz CT molecular complexity index is 334. The first-order chi connectivity index (χ1) is 7.29. The summed E-state index contributed by atoms with van der Waals surface area (Å²) in [4.78, 5) is 9.82. The van der Waals surface area contributed by atoms with Crippen LogP contribution in [0.5, 0.6) is 0 Å². The molecule has 2 rings (SSSR count). The number of rotatable bonds is 1. The van der Waals surface area contributed by atoms with Crippen molar-refractivity contribution in [1.82, 2.24) is 15.3 Å². The van der Waals surface area contributed by atoms with Gasteiger partial charge in [0.25, 0.3) is 0 Å². The molecule has 1 aliphatic heterocycles. The van der Waals surface area contributed by atoms with Gasteiger partial charge in [0.1, 0.15) is 6.33 Å². The van der Waals surface area contributed by atoms with Gasteiger partial charge < -0.3 is 10.2 Å². The molecule has 0 aliphatic carbocycles. The fourth-order valence-electron chi connectivity index (χ4n) is 1.72. The van der Waals surface area contributed by atoms with E-state index in [9.17, 15) is 4.39 Å². The van der Waals surface area contributed by atoms with Gasteiger partial charge in [-0.15, -0.1) is 0 Å². The lowest BCUT2D eigenvalue weighted by Gasteiger charge is -2.21. The maximum atomic E-state index is 13.7. The lowest BCUT2D eigenvalue weighted by atomic mass is 10.3. The van der Waals surface area contributed by atoms with E-state index < -0.39 is 0 Å². The zero-order chi connectivity index (χ0) is 10.7. The normalized spacial score (nSPS) is 17.6. The molecule has 0 unspecified atom stereocenters. The predicted molar refractivity (Wildman–Crippen MR) is 56.4 cm³/mol. The summed E-state index contributed by atoms with van der Waals surface area (Å²) in [5.74, 6) is 0.144. The molecular formula is C10H15FN4. The Hall–Kier alpha value is -1.23. The van der Waals surface area contributed by atoms with Gasteiger partial charge in [-0.3, -0.25) is 0 Å². The molecule has 0 radical (unpaired) electrons. The van der Waals surface area contributed by atoms with E-state index in [4.69, 9.17) is 0 Å². The quantitative estimate of drug-likeness (QED) is 0.741. The fourth-order valence-corrected chi connectivity index (χ4v) is 1.72. The van der Waals surface area contributed by atoms with Gasteiger partial charge in [0.05, 0.1) is 5.69 Å². The van der Waals surface area contributed by atoms with Crippen LogP contribution < -0.4 is 10.2 Å². The molecule has 1 saturated heterocycles. The molecule has 4 nitrogen and oxygen atoms in total. The Morgan fingerprint density at radius 3 is 3.07 bits per heavy atom. The van der Waals surface area contributed by atoms with Crippen LogP contribution in [0.3, 0.4) is 0 Å². The van der Waals surface area contributed by atoms with Crippen molar-refractivity contribution in [1.29, 1.82) is 0 Å². The Morgan fingerprint density at radius 1 is 1.33 bits per heavy atom. The monoisotopic (exact) mass is 210 g/mol. The summed E-state index contributed by atoms with van der Waals surface area (Å²) in [6.07, 6.45) is 2.44. The van der Waals surface area contributed by atoms with E-state index in [1.807, 2.05) is 4.90 Å². The fraction of sp³-hybridized carbons (Fsp3) is 0.600. The topological polar surface area (TPSA) is 41.1 Å². The Labute approximate surface area is 88.5 Å².